The van der Waals surface area contributed by atoms with E-state index in [-0.39, 0.29) is 42.3 Å². The van der Waals surface area contributed by atoms with Crippen LogP contribution in [0.2, 0.25) is 0 Å². The quantitative estimate of drug-likeness (QED) is 0.410. The van der Waals surface area contributed by atoms with Gasteiger partial charge in [0.25, 0.3) is 0 Å². The van der Waals surface area contributed by atoms with Gasteiger partial charge in [0.2, 0.25) is 11.8 Å². The number of fused-ring (bicyclic) bond motifs is 1. The van der Waals surface area contributed by atoms with Gasteiger partial charge >= 0.3 is 0 Å². The first-order valence-electron chi connectivity index (χ1n) is 12.8. The zero-order valence-corrected chi connectivity index (χ0v) is 22.3. The fraction of sp³-hybridized carbons (Fsp3) is 0.517. The Hall–Kier alpha value is -2.84. The third-order valence-corrected chi connectivity index (χ3v) is 6.57. The number of halogens is 2. The number of carbonyl (C=O) groups excluding carboxylic acids is 2. The Labute approximate surface area is 218 Å². The number of hydrogen-bond acceptors (Lipinski definition) is 4. The maximum Gasteiger partial charge on any atom is 0.217 e. The van der Waals surface area contributed by atoms with Crippen molar-refractivity contribution in [1.82, 2.24) is 16.0 Å². The predicted molar refractivity (Wildman–Crippen MR) is 140 cm³/mol. The number of carbonyl (C=O) groups is 2. The van der Waals surface area contributed by atoms with Gasteiger partial charge in [0.15, 0.2) is 0 Å². The molecule has 4 atom stereocenters. The average molecular weight is 516 g/mol. The molecule has 202 valence electrons. The number of benzene rings is 2. The van der Waals surface area contributed by atoms with Gasteiger partial charge in [0.1, 0.15) is 11.6 Å². The van der Waals surface area contributed by atoms with E-state index < -0.39 is 23.8 Å². The Morgan fingerprint density at radius 2 is 1.70 bits per heavy atom. The van der Waals surface area contributed by atoms with Crippen LogP contribution in [0.25, 0.3) is 0 Å². The van der Waals surface area contributed by atoms with E-state index in [4.69, 9.17) is 0 Å². The topological polar surface area (TPSA) is 90.5 Å². The molecule has 0 spiro atoms. The van der Waals surface area contributed by atoms with Crippen molar-refractivity contribution in [2.24, 2.45) is 5.41 Å². The van der Waals surface area contributed by atoms with Crippen molar-refractivity contribution in [3.8, 4) is 0 Å². The molecule has 1 aliphatic carbocycles. The summed E-state index contributed by atoms with van der Waals surface area (Å²) in [5, 5.41) is 20.2. The zero-order valence-electron chi connectivity index (χ0n) is 22.3. The summed E-state index contributed by atoms with van der Waals surface area (Å²) in [6.07, 6.45) is 1.49. The first-order chi connectivity index (χ1) is 17.3. The van der Waals surface area contributed by atoms with Gasteiger partial charge in [-0.15, -0.1) is 0 Å². The molecule has 0 aromatic heterocycles. The second-order valence-corrected chi connectivity index (χ2v) is 11.4. The summed E-state index contributed by atoms with van der Waals surface area (Å²) < 4.78 is 27.4. The van der Waals surface area contributed by atoms with Crippen LogP contribution in [0.4, 0.5) is 8.78 Å². The van der Waals surface area contributed by atoms with Gasteiger partial charge in [-0.05, 0) is 65.5 Å². The first-order valence-corrected chi connectivity index (χ1v) is 12.8. The van der Waals surface area contributed by atoms with Crippen LogP contribution >= 0.6 is 0 Å². The Morgan fingerprint density at radius 1 is 1.03 bits per heavy atom. The lowest BCUT2D eigenvalue weighted by Crippen LogP contribution is -2.52. The molecule has 0 saturated heterocycles. The number of rotatable bonds is 9. The molecular weight excluding hydrogens is 476 g/mol. The highest BCUT2D eigenvalue weighted by molar-refractivity contribution is 5.73. The minimum absolute atomic E-state index is 0.0587. The lowest BCUT2D eigenvalue weighted by molar-refractivity contribution is -0.121. The molecule has 2 amide bonds. The second-order valence-electron chi connectivity index (χ2n) is 11.4. The molecule has 0 saturated carbocycles. The van der Waals surface area contributed by atoms with Crippen molar-refractivity contribution in [3.63, 3.8) is 0 Å². The van der Waals surface area contributed by atoms with Gasteiger partial charge in [-0.3, -0.25) is 9.59 Å². The van der Waals surface area contributed by atoms with E-state index in [0.29, 0.717) is 5.56 Å². The minimum atomic E-state index is -1.05. The number of nitrogens with one attached hydrogen (secondary N) is 3. The molecular formula is C29H39F2N3O3. The van der Waals surface area contributed by atoms with Gasteiger partial charge < -0.3 is 21.1 Å². The van der Waals surface area contributed by atoms with Crippen LogP contribution in [0.3, 0.4) is 0 Å². The molecule has 2 aromatic rings. The van der Waals surface area contributed by atoms with Crippen LogP contribution < -0.4 is 16.0 Å². The van der Waals surface area contributed by atoms with E-state index in [9.17, 15) is 23.5 Å². The largest absolute Gasteiger partial charge is 0.390 e. The highest BCUT2D eigenvalue weighted by Crippen LogP contribution is 2.33. The van der Waals surface area contributed by atoms with Gasteiger partial charge in [-0.1, -0.05) is 39.0 Å². The molecule has 1 aliphatic rings. The SMILES string of the molecule is CC(=O)NC(Cc1cc(F)cc(F)c1)C(O)CNC1c2cc(CC(C)(C)C)ccc2CCC1NC(C)=O. The molecule has 37 heavy (non-hydrogen) atoms. The van der Waals surface area contributed by atoms with Crippen molar-refractivity contribution in [2.75, 3.05) is 6.54 Å². The number of hydrogen-bond donors (Lipinski definition) is 4. The Morgan fingerprint density at radius 3 is 2.30 bits per heavy atom. The molecule has 0 aliphatic heterocycles. The fourth-order valence-electron chi connectivity index (χ4n) is 5.16. The van der Waals surface area contributed by atoms with Crippen LogP contribution in [-0.4, -0.2) is 41.7 Å². The Balaban J connectivity index is 1.83. The smallest absolute Gasteiger partial charge is 0.217 e. The molecule has 4 unspecified atom stereocenters. The van der Waals surface area contributed by atoms with E-state index in [1.54, 1.807) is 0 Å². The third-order valence-electron chi connectivity index (χ3n) is 6.57. The number of aryl methyl sites for hydroxylation is 1. The van der Waals surface area contributed by atoms with E-state index >= 15 is 0 Å². The van der Waals surface area contributed by atoms with Crippen LogP contribution in [-0.2, 0) is 28.9 Å². The highest BCUT2D eigenvalue weighted by Gasteiger charge is 2.32. The molecule has 3 rings (SSSR count). The third kappa shape index (κ3) is 8.61. The van der Waals surface area contributed by atoms with Crippen molar-refractivity contribution >= 4 is 11.8 Å². The van der Waals surface area contributed by atoms with Gasteiger partial charge in [-0.2, -0.15) is 0 Å². The number of aliphatic hydroxyl groups is 1. The molecule has 8 heteroatoms. The predicted octanol–water partition coefficient (Wildman–Crippen LogP) is 3.74. The van der Waals surface area contributed by atoms with Crippen LogP contribution in [0.15, 0.2) is 36.4 Å². The van der Waals surface area contributed by atoms with Gasteiger partial charge in [-0.25, -0.2) is 8.78 Å². The van der Waals surface area contributed by atoms with Crippen LogP contribution in [0.5, 0.6) is 0 Å². The fourth-order valence-corrected chi connectivity index (χ4v) is 5.16. The average Bonchev–Trinajstić information content (AvgIpc) is 2.75. The Bertz CT molecular complexity index is 1100. The summed E-state index contributed by atoms with van der Waals surface area (Å²) in [5.41, 5.74) is 3.93. The summed E-state index contributed by atoms with van der Waals surface area (Å²) in [4.78, 5) is 23.8. The summed E-state index contributed by atoms with van der Waals surface area (Å²) in [6, 6.07) is 8.47. The lowest BCUT2D eigenvalue weighted by atomic mass is 9.80. The first kappa shape index (κ1) is 28.7. The molecule has 0 radical (unpaired) electrons. The number of amides is 2. The van der Waals surface area contributed by atoms with Crippen molar-refractivity contribution in [2.45, 2.75) is 84.5 Å². The van der Waals surface area contributed by atoms with E-state index in [0.717, 1.165) is 30.9 Å². The maximum absolute atomic E-state index is 13.7. The monoisotopic (exact) mass is 515 g/mol. The maximum atomic E-state index is 13.7. The van der Waals surface area contributed by atoms with Crippen LogP contribution in [0, 0.1) is 17.0 Å². The molecule has 4 N–H and O–H groups in total. The van der Waals surface area contributed by atoms with Crippen LogP contribution in [0.1, 0.15) is 69.3 Å². The van der Waals surface area contributed by atoms with E-state index in [1.165, 1.54) is 37.1 Å². The summed E-state index contributed by atoms with van der Waals surface area (Å²) in [5.74, 6) is -1.91. The normalized spacial score (nSPS) is 19.0. The van der Waals surface area contributed by atoms with E-state index in [1.807, 2.05) is 0 Å². The van der Waals surface area contributed by atoms with E-state index in [2.05, 4.69) is 54.9 Å². The number of aliphatic hydroxyl groups excluding tert-OH is 1. The summed E-state index contributed by atoms with van der Waals surface area (Å²) in [6.45, 7) is 9.48. The van der Waals surface area contributed by atoms with Gasteiger partial charge in [0, 0.05) is 32.5 Å². The van der Waals surface area contributed by atoms with Crippen molar-refractivity contribution in [3.05, 3.63) is 70.3 Å². The second kappa shape index (κ2) is 12.1. The minimum Gasteiger partial charge on any atom is -0.390 e. The lowest BCUT2D eigenvalue weighted by Gasteiger charge is -2.36. The van der Waals surface area contributed by atoms with Crippen molar-refractivity contribution in [1.29, 1.82) is 0 Å². The summed E-state index contributed by atoms with van der Waals surface area (Å²) >= 11 is 0. The molecule has 0 heterocycles. The zero-order chi connectivity index (χ0) is 27.3. The molecule has 6 nitrogen and oxygen atoms in total. The molecule has 2 aromatic carbocycles. The van der Waals surface area contributed by atoms with Gasteiger partial charge in [0.05, 0.1) is 18.2 Å². The molecule has 0 bridgehead atoms. The van der Waals surface area contributed by atoms with Crippen molar-refractivity contribution < 1.29 is 23.5 Å². The summed E-state index contributed by atoms with van der Waals surface area (Å²) in [7, 11) is 0. The highest BCUT2D eigenvalue weighted by atomic mass is 19.1. The standard InChI is InChI=1S/C29H39F2N3O3/c1-17(35)33-25-9-8-21-7-6-19(15-29(3,4)5)12-24(21)28(25)32-16-27(37)26(34-18(2)36)13-20-10-22(30)14-23(31)11-20/h6-7,10-12,14,25-28,32,37H,8-9,13,15-16H2,1-5H3,(H,33,35)(H,34,36). The molecule has 0 fully saturated rings. The Kier molecular flexibility index (Phi) is 9.42.